The zero-order chi connectivity index (χ0) is 19.0. The number of anilines is 3. The number of nitrogens with zero attached hydrogens (tertiary/aromatic N) is 4. The van der Waals surface area contributed by atoms with Crippen molar-refractivity contribution in [1.82, 2.24) is 10.2 Å². The van der Waals surface area contributed by atoms with Crippen molar-refractivity contribution in [3.63, 3.8) is 0 Å². The van der Waals surface area contributed by atoms with E-state index in [1.807, 2.05) is 30.9 Å². The van der Waals surface area contributed by atoms with E-state index in [1.165, 1.54) is 11.3 Å². The summed E-state index contributed by atoms with van der Waals surface area (Å²) in [6.45, 7) is 5.51. The third-order valence-corrected chi connectivity index (χ3v) is 5.98. The minimum Gasteiger partial charge on any atom is -0.335 e. The van der Waals surface area contributed by atoms with E-state index >= 15 is 0 Å². The molecule has 1 aromatic carbocycles. The van der Waals surface area contributed by atoms with Crippen molar-refractivity contribution < 1.29 is 9.59 Å². The van der Waals surface area contributed by atoms with Crippen molar-refractivity contribution in [2.45, 2.75) is 45.6 Å². The monoisotopic (exact) mass is 385 g/mol. The van der Waals surface area contributed by atoms with Crippen molar-refractivity contribution in [3.8, 4) is 0 Å². The highest BCUT2D eigenvalue weighted by Crippen LogP contribution is 2.34. The molecule has 7 nitrogen and oxygen atoms in total. The average molecular weight is 385 g/mol. The zero-order valence-corrected chi connectivity index (χ0v) is 16.4. The second kappa shape index (κ2) is 7.26. The Kier molecular flexibility index (Phi) is 4.82. The van der Waals surface area contributed by atoms with Crippen LogP contribution in [0.25, 0.3) is 0 Å². The molecule has 1 aromatic heterocycles. The molecule has 142 valence electrons. The molecule has 0 radical (unpaired) electrons. The summed E-state index contributed by atoms with van der Waals surface area (Å²) >= 11 is 1.39. The quantitative estimate of drug-likeness (QED) is 0.876. The van der Waals surface area contributed by atoms with Crippen molar-refractivity contribution in [2.24, 2.45) is 0 Å². The van der Waals surface area contributed by atoms with Gasteiger partial charge in [-0.15, -0.1) is 10.2 Å². The van der Waals surface area contributed by atoms with Gasteiger partial charge in [0.1, 0.15) is 6.04 Å². The molecule has 2 amide bonds. The minimum atomic E-state index is -0.263. The number of nitrogens with one attached hydrogen (secondary N) is 1. The highest BCUT2D eigenvalue weighted by Gasteiger charge is 2.34. The predicted molar refractivity (Wildman–Crippen MR) is 106 cm³/mol. The van der Waals surface area contributed by atoms with Crippen LogP contribution in [-0.2, 0) is 9.59 Å². The molecule has 2 aromatic rings. The molecule has 0 bridgehead atoms. The maximum Gasteiger partial charge on any atom is 0.247 e. The fourth-order valence-corrected chi connectivity index (χ4v) is 4.79. The van der Waals surface area contributed by atoms with Gasteiger partial charge >= 0.3 is 0 Å². The lowest BCUT2D eigenvalue weighted by molar-refractivity contribution is -0.117. The molecule has 4 rings (SSSR count). The number of carbonyl (C=O) groups excluding carboxylic acids is 2. The van der Waals surface area contributed by atoms with E-state index in [9.17, 15) is 9.59 Å². The summed E-state index contributed by atoms with van der Waals surface area (Å²) in [4.78, 5) is 28.5. The summed E-state index contributed by atoms with van der Waals surface area (Å²) in [5.74, 6) is 0.0785. The van der Waals surface area contributed by atoms with Gasteiger partial charge in [0.05, 0.1) is 0 Å². The first-order chi connectivity index (χ1) is 13.0. The first kappa shape index (κ1) is 17.9. The van der Waals surface area contributed by atoms with Crippen LogP contribution in [0.1, 0.15) is 36.8 Å². The van der Waals surface area contributed by atoms with E-state index in [2.05, 4.69) is 21.6 Å². The lowest BCUT2D eigenvalue weighted by atomic mass is 10.1. The van der Waals surface area contributed by atoms with Crippen LogP contribution in [-0.4, -0.2) is 41.1 Å². The van der Waals surface area contributed by atoms with Crippen LogP contribution in [0.2, 0.25) is 0 Å². The number of amides is 2. The summed E-state index contributed by atoms with van der Waals surface area (Å²) in [7, 11) is 0. The normalized spacial score (nSPS) is 19.8. The van der Waals surface area contributed by atoms with Crippen LogP contribution in [0.4, 0.5) is 16.0 Å². The van der Waals surface area contributed by atoms with Gasteiger partial charge in [0.15, 0.2) is 0 Å². The summed E-state index contributed by atoms with van der Waals surface area (Å²) in [6.07, 6.45) is 3.15. The van der Waals surface area contributed by atoms with E-state index in [1.54, 1.807) is 4.90 Å². The zero-order valence-electron chi connectivity index (χ0n) is 15.6. The fourth-order valence-electron chi connectivity index (χ4n) is 3.82. The summed E-state index contributed by atoms with van der Waals surface area (Å²) in [5.41, 5.74) is 3.07. The third-order valence-electron chi connectivity index (χ3n) is 5.00. The fraction of sp³-hybridized carbons (Fsp3) is 0.474. The Bertz CT molecular complexity index is 860. The van der Waals surface area contributed by atoms with Gasteiger partial charge in [0, 0.05) is 25.2 Å². The van der Waals surface area contributed by atoms with Gasteiger partial charge in [-0.2, -0.15) is 0 Å². The molecule has 0 saturated carbocycles. The van der Waals surface area contributed by atoms with Crippen molar-refractivity contribution >= 4 is 39.1 Å². The molecule has 2 aliphatic heterocycles. The molecule has 2 aliphatic rings. The summed E-state index contributed by atoms with van der Waals surface area (Å²) in [5, 5.41) is 12.8. The third kappa shape index (κ3) is 3.66. The Labute approximate surface area is 162 Å². The first-order valence-electron chi connectivity index (χ1n) is 9.31. The predicted octanol–water partition coefficient (Wildman–Crippen LogP) is 2.89. The molecule has 27 heavy (non-hydrogen) atoms. The molecule has 2 fully saturated rings. The topological polar surface area (TPSA) is 78.4 Å². The van der Waals surface area contributed by atoms with E-state index in [0.29, 0.717) is 23.2 Å². The molecule has 8 heteroatoms. The van der Waals surface area contributed by atoms with Crippen molar-refractivity contribution in [1.29, 1.82) is 0 Å². The van der Waals surface area contributed by atoms with E-state index in [0.717, 1.165) is 42.6 Å². The number of benzene rings is 1. The van der Waals surface area contributed by atoms with Crippen LogP contribution >= 0.6 is 11.3 Å². The van der Waals surface area contributed by atoms with Gasteiger partial charge in [0.2, 0.25) is 22.1 Å². The Morgan fingerprint density at radius 3 is 2.56 bits per heavy atom. The van der Waals surface area contributed by atoms with Gasteiger partial charge in [0.25, 0.3) is 0 Å². The van der Waals surface area contributed by atoms with Crippen molar-refractivity contribution in [3.05, 3.63) is 29.3 Å². The second-order valence-electron chi connectivity index (χ2n) is 7.23. The van der Waals surface area contributed by atoms with Gasteiger partial charge in [-0.1, -0.05) is 17.4 Å². The highest BCUT2D eigenvalue weighted by atomic mass is 32.1. The maximum atomic E-state index is 12.9. The Morgan fingerprint density at radius 1 is 1.11 bits per heavy atom. The number of aromatic nitrogens is 2. The molecule has 1 N–H and O–H groups in total. The van der Waals surface area contributed by atoms with Crippen LogP contribution in [0.15, 0.2) is 18.2 Å². The maximum absolute atomic E-state index is 12.9. The van der Waals surface area contributed by atoms with Crippen molar-refractivity contribution in [2.75, 3.05) is 28.2 Å². The van der Waals surface area contributed by atoms with Crippen LogP contribution in [0.5, 0.6) is 0 Å². The smallest absolute Gasteiger partial charge is 0.247 e. The summed E-state index contributed by atoms with van der Waals surface area (Å²) in [6, 6.07) is 5.78. The van der Waals surface area contributed by atoms with E-state index < -0.39 is 0 Å². The Morgan fingerprint density at radius 2 is 1.85 bits per heavy atom. The first-order valence-corrected chi connectivity index (χ1v) is 10.1. The molecule has 0 spiro atoms. The Balaban J connectivity index is 1.49. The summed E-state index contributed by atoms with van der Waals surface area (Å²) < 4.78 is 0. The molecular formula is C19H23N5O2S. The van der Waals surface area contributed by atoms with Gasteiger partial charge in [-0.05, 0) is 56.4 Å². The number of hydrogen-bond acceptors (Lipinski definition) is 6. The van der Waals surface area contributed by atoms with Crippen LogP contribution < -0.4 is 15.1 Å². The van der Waals surface area contributed by atoms with E-state index in [-0.39, 0.29) is 17.9 Å². The minimum absolute atomic E-state index is 0.0218. The second-order valence-corrected chi connectivity index (χ2v) is 8.17. The number of hydrogen-bond donors (Lipinski definition) is 1. The number of aryl methyl sites for hydroxylation is 2. The molecule has 0 unspecified atom stereocenters. The number of rotatable bonds is 4. The standard InChI is InChI=1S/C19H23N5O2S/c1-12-9-13(2)11-14(10-12)20-17(26)15-5-3-7-23(15)18-21-22-19(27-18)24-8-4-6-16(24)25/h9-11,15H,3-8H2,1-2H3,(H,20,26)/t15-/m1/s1. The van der Waals surface area contributed by atoms with Crippen LogP contribution in [0.3, 0.4) is 0 Å². The SMILES string of the molecule is Cc1cc(C)cc(NC(=O)[C@H]2CCCN2c2nnc(N3CCCC3=O)s2)c1. The van der Waals surface area contributed by atoms with Gasteiger partial charge in [-0.3, -0.25) is 14.5 Å². The lowest BCUT2D eigenvalue weighted by Gasteiger charge is -2.23. The molecule has 3 heterocycles. The van der Waals surface area contributed by atoms with Crippen LogP contribution in [0, 0.1) is 13.8 Å². The number of carbonyl (C=O) groups is 2. The van der Waals surface area contributed by atoms with Gasteiger partial charge < -0.3 is 10.2 Å². The largest absolute Gasteiger partial charge is 0.335 e. The highest BCUT2D eigenvalue weighted by molar-refractivity contribution is 7.19. The van der Waals surface area contributed by atoms with E-state index in [4.69, 9.17) is 0 Å². The lowest BCUT2D eigenvalue weighted by Crippen LogP contribution is -2.39. The van der Waals surface area contributed by atoms with Gasteiger partial charge in [-0.25, -0.2) is 0 Å². The average Bonchev–Trinajstić information content (AvgIpc) is 3.33. The molecule has 1 atom stereocenters. The Hall–Kier alpha value is -2.48. The molecule has 0 aliphatic carbocycles. The molecule has 2 saturated heterocycles. The molecular weight excluding hydrogens is 362 g/mol.